The first-order chi connectivity index (χ1) is 15.9. The lowest BCUT2D eigenvalue weighted by Gasteiger charge is -2.07. The van der Waals surface area contributed by atoms with Crippen molar-refractivity contribution in [3.05, 3.63) is 69.8 Å². The highest BCUT2D eigenvalue weighted by atomic mass is 19.4. The predicted molar refractivity (Wildman–Crippen MR) is 114 cm³/mol. The number of aromatic nitrogens is 2. The van der Waals surface area contributed by atoms with Gasteiger partial charge in [-0.25, -0.2) is 4.98 Å². The zero-order valence-electron chi connectivity index (χ0n) is 18.3. The standard InChI is InChI=1S/C19H10F6N2O2.C3H8.CH2O/c1-9-16(26-15-7-11(19(23,24)25)4-5-27(9)15)13-8-29-14-6-10(18(20,21)22)2-3-12(14)17(13)28;1-3-2;1-2/h2-8H,1H3;3H2,1-2H3;1H2. The van der Waals surface area contributed by atoms with Crippen molar-refractivity contribution in [1.29, 1.82) is 0 Å². The van der Waals surface area contributed by atoms with Gasteiger partial charge in [-0.2, -0.15) is 26.3 Å². The number of fused-ring (bicyclic) bond motifs is 2. The van der Waals surface area contributed by atoms with Gasteiger partial charge in [-0.3, -0.25) is 4.79 Å². The molecule has 3 heterocycles. The van der Waals surface area contributed by atoms with Crippen LogP contribution in [-0.2, 0) is 17.1 Å². The molecule has 5 nitrogen and oxygen atoms in total. The molecule has 0 saturated carbocycles. The van der Waals surface area contributed by atoms with Crippen LogP contribution in [0.15, 0.2) is 52.0 Å². The number of pyridine rings is 1. The van der Waals surface area contributed by atoms with E-state index in [1.165, 1.54) is 17.0 Å². The molecule has 0 fully saturated rings. The summed E-state index contributed by atoms with van der Waals surface area (Å²) in [6.07, 6.45) is -5.76. The molecule has 0 spiro atoms. The van der Waals surface area contributed by atoms with Gasteiger partial charge in [0, 0.05) is 11.9 Å². The number of hydrogen-bond acceptors (Lipinski definition) is 4. The van der Waals surface area contributed by atoms with E-state index < -0.39 is 28.9 Å². The van der Waals surface area contributed by atoms with Crippen LogP contribution in [0.3, 0.4) is 0 Å². The van der Waals surface area contributed by atoms with Crippen molar-refractivity contribution >= 4 is 23.4 Å². The number of carbonyl (C=O) groups is 1. The van der Waals surface area contributed by atoms with Crippen molar-refractivity contribution < 1.29 is 35.6 Å². The highest BCUT2D eigenvalue weighted by Crippen LogP contribution is 2.33. The second kappa shape index (κ2) is 10.1. The van der Waals surface area contributed by atoms with Crippen LogP contribution < -0.4 is 5.43 Å². The fraction of sp³-hybridized carbons (Fsp3) is 0.261. The van der Waals surface area contributed by atoms with Crippen LogP contribution in [0.25, 0.3) is 27.9 Å². The summed E-state index contributed by atoms with van der Waals surface area (Å²) in [5.74, 6) is 0. The van der Waals surface area contributed by atoms with Crippen molar-refractivity contribution in [1.82, 2.24) is 9.38 Å². The summed E-state index contributed by atoms with van der Waals surface area (Å²) >= 11 is 0. The lowest BCUT2D eigenvalue weighted by Crippen LogP contribution is -2.08. The van der Waals surface area contributed by atoms with Crippen LogP contribution in [0, 0.1) is 6.92 Å². The molecule has 0 N–H and O–H groups in total. The molecule has 0 radical (unpaired) electrons. The maximum absolute atomic E-state index is 12.9. The second-order valence-corrected chi connectivity index (χ2v) is 7.08. The molecule has 0 unspecified atom stereocenters. The Morgan fingerprint density at radius 3 is 2.09 bits per heavy atom. The number of nitrogens with zero attached hydrogens (tertiary/aromatic N) is 2. The molecular weight excluding hydrogens is 466 g/mol. The van der Waals surface area contributed by atoms with Crippen LogP contribution in [0.5, 0.6) is 0 Å². The molecule has 0 bridgehead atoms. The summed E-state index contributed by atoms with van der Waals surface area (Å²) in [6.45, 7) is 7.80. The number of rotatable bonds is 1. The Morgan fingerprint density at radius 2 is 1.53 bits per heavy atom. The third-order valence-electron chi connectivity index (χ3n) is 4.55. The van der Waals surface area contributed by atoms with E-state index in [1.807, 2.05) is 6.79 Å². The van der Waals surface area contributed by atoms with Gasteiger partial charge in [0.1, 0.15) is 24.3 Å². The van der Waals surface area contributed by atoms with Crippen LogP contribution >= 0.6 is 0 Å². The molecule has 11 heteroatoms. The molecule has 34 heavy (non-hydrogen) atoms. The fourth-order valence-electron chi connectivity index (χ4n) is 3.07. The van der Waals surface area contributed by atoms with Gasteiger partial charge in [0.2, 0.25) is 5.43 Å². The minimum absolute atomic E-state index is 0.0285. The summed E-state index contributed by atoms with van der Waals surface area (Å²) in [7, 11) is 0. The predicted octanol–water partition coefficient (Wildman–Crippen LogP) is 6.69. The SMILES string of the molecule is C=O.CCC.Cc1c(-c2coc3cc(C(F)(F)F)ccc3c2=O)nc2cc(C(F)(F)F)ccn12. The van der Waals surface area contributed by atoms with Gasteiger partial charge in [0.15, 0.2) is 0 Å². The zero-order valence-corrected chi connectivity index (χ0v) is 18.3. The normalized spacial score (nSPS) is 11.6. The summed E-state index contributed by atoms with van der Waals surface area (Å²) in [5, 5.41) is -0.0945. The largest absolute Gasteiger partial charge is 0.463 e. The Hall–Kier alpha value is -3.63. The summed E-state index contributed by atoms with van der Waals surface area (Å²) < 4.78 is 83.9. The van der Waals surface area contributed by atoms with Crippen LogP contribution in [0.4, 0.5) is 26.3 Å². The highest BCUT2D eigenvalue weighted by molar-refractivity contribution is 5.82. The first-order valence-electron chi connectivity index (χ1n) is 9.86. The van der Waals surface area contributed by atoms with Crippen molar-refractivity contribution in [2.24, 2.45) is 0 Å². The molecule has 0 amide bonds. The Balaban J connectivity index is 0.000000758. The van der Waals surface area contributed by atoms with Gasteiger partial charge in [-0.15, -0.1) is 0 Å². The second-order valence-electron chi connectivity index (χ2n) is 7.08. The Labute approximate surface area is 189 Å². The smallest absolute Gasteiger partial charge is 0.416 e. The third-order valence-corrected chi connectivity index (χ3v) is 4.55. The molecule has 0 aliphatic heterocycles. The number of imidazole rings is 1. The van der Waals surface area contributed by atoms with E-state index in [9.17, 15) is 31.1 Å². The van der Waals surface area contributed by atoms with Crippen LogP contribution in [0.2, 0.25) is 0 Å². The number of benzene rings is 1. The molecule has 0 saturated heterocycles. The molecule has 4 aromatic rings. The lowest BCUT2D eigenvalue weighted by atomic mass is 10.1. The van der Waals surface area contributed by atoms with Crippen molar-refractivity contribution in [3.8, 4) is 11.3 Å². The van der Waals surface area contributed by atoms with E-state index in [2.05, 4.69) is 18.8 Å². The van der Waals surface area contributed by atoms with E-state index in [-0.39, 0.29) is 27.9 Å². The molecule has 3 aromatic heterocycles. The minimum Gasteiger partial charge on any atom is -0.463 e. The Kier molecular flexibility index (Phi) is 7.91. The maximum atomic E-state index is 12.9. The molecular formula is C23H20F6N2O3. The van der Waals surface area contributed by atoms with Crippen LogP contribution in [0.1, 0.15) is 37.1 Å². The summed E-state index contributed by atoms with van der Waals surface area (Å²) in [4.78, 5) is 24.9. The van der Waals surface area contributed by atoms with E-state index in [0.29, 0.717) is 11.8 Å². The number of alkyl halides is 6. The first kappa shape index (κ1) is 26.6. The van der Waals surface area contributed by atoms with Gasteiger partial charge < -0.3 is 13.6 Å². The van der Waals surface area contributed by atoms with E-state index in [1.54, 1.807) is 6.92 Å². The third kappa shape index (κ3) is 5.29. The van der Waals surface area contributed by atoms with E-state index in [4.69, 9.17) is 9.21 Å². The Bertz CT molecular complexity index is 1350. The van der Waals surface area contributed by atoms with Gasteiger partial charge in [0.05, 0.1) is 27.8 Å². The molecule has 0 atom stereocenters. The van der Waals surface area contributed by atoms with Gasteiger partial charge >= 0.3 is 12.4 Å². The Morgan fingerprint density at radius 1 is 0.971 bits per heavy atom. The average molecular weight is 486 g/mol. The van der Waals surface area contributed by atoms with Crippen molar-refractivity contribution in [3.63, 3.8) is 0 Å². The number of carbonyl (C=O) groups excluding carboxylic acids is 1. The minimum atomic E-state index is -4.60. The molecule has 1 aromatic carbocycles. The van der Waals surface area contributed by atoms with Crippen molar-refractivity contribution in [2.45, 2.75) is 39.5 Å². The summed E-state index contributed by atoms with van der Waals surface area (Å²) in [5.41, 5.74) is -2.38. The highest BCUT2D eigenvalue weighted by Gasteiger charge is 2.32. The average Bonchev–Trinajstić information content (AvgIpc) is 3.10. The number of hydrogen-bond donors (Lipinski definition) is 0. The van der Waals surface area contributed by atoms with E-state index in [0.717, 1.165) is 30.5 Å². The summed E-state index contributed by atoms with van der Waals surface area (Å²) in [6, 6.07) is 4.20. The van der Waals surface area contributed by atoms with Gasteiger partial charge in [0.25, 0.3) is 0 Å². The van der Waals surface area contributed by atoms with Crippen molar-refractivity contribution in [2.75, 3.05) is 0 Å². The lowest BCUT2D eigenvalue weighted by molar-refractivity contribution is -0.138. The van der Waals surface area contributed by atoms with Crippen LogP contribution in [-0.4, -0.2) is 16.2 Å². The maximum Gasteiger partial charge on any atom is 0.416 e. The molecule has 182 valence electrons. The number of aryl methyl sites for hydroxylation is 1. The number of halogens is 6. The fourth-order valence-corrected chi connectivity index (χ4v) is 3.07. The van der Waals surface area contributed by atoms with E-state index >= 15 is 0 Å². The zero-order chi connectivity index (χ0) is 25.8. The topological polar surface area (TPSA) is 64.6 Å². The van der Waals surface area contributed by atoms with Gasteiger partial charge in [-0.1, -0.05) is 20.3 Å². The molecule has 4 rings (SSSR count). The monoisotopic (exact) mass is 486 g/mol. The quantitative estimate of drug-likeness (QED) is 0.282. The molecule has 0 aliphatic carbocycles. The first-order valence-corrected chi connectivity index (χ1v) is 9.86. The molecule has 0 aliphatic rings. The van der Waals surface area contributed by atoms with Gasteiger partial charge in [-0.05, 0) is 37.3 Å².